The maximum Gasteiger partial charge on any atom is 0.224 e. The third-order valence-corrected chi connectivity index (χ3v) is 2.01. The van der Waals surface area contributed by atoms with E-state index in [0.717, 1.165) is 5.56 Å². The number of carbonyl (C=O) groups is 1. The molecule has 82 valence electrons. The molecular formula is C11H15FN2O. The Morgan fingerprint density at radius 2 is 2.27 bits per heavy atom. The van der Waals surface area contributed by atoms with Crippen LogP contribution in [-0.2, 0) is 4.79 Å². The summed E-state index contributed by atoms with van der Waals surface area (Å²) in [7, 11) is 0. The summed E-state index contributed by atoms with van der Waals surface area (Å²) in [5, 5.41) is 2.50. The van der Waals surface area contributed by atoms with Crippen LogP contribution < -0.4 is 11.1 Å². The van der Waals surface area contributed by atoms with Crippen LogP contribution >= 0.6 is 0 Å². The molecule has 4 heteroatoms. The van der Waals surface area contributed by atoms with Gasteiger partial charge in [-0.05, 0) is 37.6 Å². The van der Waals surface area contributed by atoms with Crippen LogP contribution in [0.1, 0.15) is 18.4 Å². The van der Waals surface area contributed by atoms with Crippen molar-refractivity contribution in [2.24, 2.45) is 5.73 Å². The largest absolute Gasteiger partial charge is 0.330 e. The van der Waals surface area contributed by atoms with Crippen LogP contribution in [0.4, 0.5) is 10.1 Å². The number of hydrogen-bond donors (Lipinski definition) is 2. The van der Waals surface area contributed by atoms with E-state index in [2.05, 4.69) is 5.32 Å². The molecule has 0 bridgehead atoms. The molecule has 0 aliphatic heterocycles. The summed E-state index contributed by atoms with van der Waals surface area (Å²) in [4.78, 5) is 11.3. The Morgan fingerprint density at radius 1 is 1.53 bits per heavy atom. The molecule has 1 aromatic rings. The SMILES string of the molecule is Cc1ccc(NC(=O)CCCN)c(F)c1. The summed E-state index contributed by atoms with van der Waals surface area (Å²) in [6, 6.07) is 4.70. The minimum Gasteiger partial charge on any atom is -0.330 e. The summed E-state index contributed by atoms with van der Waals surface area (Å²) in [5.41, 5.74) is 6.32. The predicted molar refractivity (Wildman–Crippen MR) is 58.1 cm³/mol. The van der Waals surface area contributed by atoms with Gasteiger partial charge in [-0.15, -0.1) is 0 Å². The van der Waals surface area contributed by atoms with Crippen molar-refractivity contribution in [2.75, 3.05) is 11.9 Å². The molecule has 0 atom stereocenters. The lowest BCUT2D eigenvalue weighted by Crippen LogP contribution is -2.14. The molecule has 0 aromatic heterocycles. The summed E-state index contributed by atoms with van der Waals surface area (Å²) in [6.45, 7) is 2.26. The van der Waals surface area contributed by atoms with Gasteiger partial charge < -0.3 is 11.1 Å². The first-order valence-corrected chi connectivity index (χ1v) is 4.89. The molecule has 0 saturated carbocycles. The standard InChI is InChI=1S/C11H15FN2O/c1-8-4-5-10(9(12)7-8)14-11(15)3-2-6-13/h4-5,7H,2-3,6,13H2,1H3,(H,14,15). The van der Waals surface area contributed by atoms with Gasteiger partial charge in [-0.1, -0.05) is 6.07 Å². The normalized spacial score (nSPS) is 10.1. The number of carbonyl (C=O) groups excluding carboxylic acids is 1. The molecule has 3 N–H and O–H groups in total. The van der Waals surface area contributed by atoms with Crippen molar-refractivity contribution in [1.29, 1.82) is 0 Å². The Kier molecular flexibility index (Phi) is 4.24. The van der Waals surface area contributed by atoms with Crippen molar-refractivity contribution in [1.82, 2.24) is 0 Å². The number of benzene rings is 1. The maximum absolute atomic E-state index is 13.3. The number of aryl methyl sites for hydroxylation is 1. The molecule has 0 aliphatic carbocycles. The summed E-state index contributed by atoms with van der Waals surface area (Å²) in [6.07, 6.45) is 0.934. The van der Waals surface area contributed by atoms with E-state index in [1.165, 1.54) is 6.07 Å². The number of hydrogen-bond acceptors (Lipinski definition) is 2. The van der Waals surface area contributed by atoms with Gasteiger partial charge >= 0.3 is 0 Å². The maximum atomic E-state index is 13.3. The van der Waals surface area contributed by atoms with E-state index in [1.54, 1.807) is 19.1 Å². The van der Waals surface area contributed by atoms with E-state index in [4.69, 9.17) is 5.73 Å². The van der Waals surface area contributed by atoms with Gasteiger partial charge in [-0.25, -0.2) is 4.39 Å². The molecule has 0 aliphatic rings. The number of nitrogens with one attached hydrogen (secondary N) is 1. The van der Waals surface area contributed by atoms with E-state index in [-0.39, 0.29) is 11.6 Å². The first-order chi connectivity index (χ1) is 7.13. The van der Waals surface area contributed by atoms with E-state index in [0.29, 0.717) is 19.4 Å². The molecule has 0 radical (unpaired) electrons. The summed E-state index contributed by atoms with van der Waals surface area (Å²) >= 11 is 0. The lowest BCUT2D eigenvalue weighted by Gasteiger charge is -2.06. The number of amides is 1. The summed E-state index contributed by atoms with van der Waals surface area (Å²) in [5.74, 6) is -0.612. The molecule has 1 aromatic carbocycles. The zero-order chi connectivity index (χ0) is 11.3. The second-order valence-corrected chi connectivity index (χ2v) is 3.42. The molecule has 0 spiro atoms. The highest BCUT2D eigenvalue weighted by Crippen LogP contribution is 2.15. The molecule has 0 unspecified atom stereocenters. The van der Waals surface area contributed by atoms with E-state index in [1.807, 2.05) is 0 Å². The van der Waals surface area contributed by atoms with Gasteiger partial charge in [0.15, 0.2) is 0 Å². The monoisotopic (exact) mass is 210 g/mol. The lowest BCUT2D eigenvalue weighted by atomic mass is 10.2. The van der Waals surface area contributed by atoms with Crippen LogP contribution in [0.3, 0.4) is 0 Å². The number of anilines is 1. The van der Waals surface area contributed by atoms with Gasteiger partial charge in [0.1, 0.15) is 5.82 Å². The zero-order valence-corrected chi connectivity index (χ0v) is 8.72. The highest BCUT2D eigenvalue weighted by atomic mass is 19.1. The van der Waals surface area contributed by atoms with Gasteiger partial charge in [0.05, 0.1) is 5.69 Å². The van der Waals surface area contributed by atoms with Crippen molar-refractivity contribution in [3.63, 3.8) is 0 Å². The third kappa shape index (κ3) is 3.67. The zero-order valence-electron chi connectivity index (χ0n) is 8.72. The van der Waals surface area contributed by atoms with Crippen molar-refractivity contribution in [3.05, 3.63) is 29.6 Å². The van der Waals surface area contributed by atoms with E-state index < -0.39 is 5.82 Å². The minimum absolute atomic E-state index is 0.205. The quantitative estimate of drug-likeness (QED) is 0.796. The molecule has 15 heavy (non-hydrogen) atoms. The van der Waals surface area contributed by atoms with Crippen molar-refractivity contribution >= 4 is 11.6 Å². The first-order valence-electron chi connectivity index (χ1n) is 4.89. The Bertz CT molecular complexity index is 352. The van der Waals surface area contributed by atoms with Gasteiger partial charge in [0, 0.05) is 6.42 Å². The van der Waals surface area contributed by atoms with E-state index >= 15 is 0 Å². The average Bonchev–Trinajstić information content (AvgIpc) is 2.19. The second kappa shape index (κ2) is 5.46. The van der Waals surface area contributed by atoms with Crippen LogP contribution in [0.5, 0.6) is 0 Å². The number of halogens is 1. The fourth-order valence-electron chi connectivity index (χ4n) is 1.20. The fourth-order valence-corrected chi connectivity index (χ4v) is 1.20. The average molecular weight is 210 g/mol. The van der Waals surface area contributed by atoms with Crippen molar-refractivity contribution < 1.29 is 9.18 Å². The highest BCUT2D eigenvalue weighted by molar-refractivity contribution is 5.90. The fraction of sp³-hybridized carbons (Fsp3) is 0.364. The third-order valence-electron chi connectivity index (χ3n) is 2.01. The molecular weight excluding hydrogens is 195 g/mol. The Balaban J connectivity index is 2.60. The van der Waals surface area contributed by atoms with Gasteiger partial charge in [0.25, 0.3) is 0 Å². The van der Waals surface area contributed by atoms with Crippen LogP contribution in [0.15, 0.2) is 18.2 Å². The van der Waals surface area contributed by atoms with Crippen LogP contribution in [0, 0.1) is 12.7 Å². The first kappa shape index (κ1) is 11.7. The smallest absolute Gasteiger partial charge is 0.224 e. The number of nitrogens with two attached hydrogens (primary N) is 1. The molecule has 1 amide bonds. The summed E-state index contributed by atoms with van der Waals surface area (Å²) < 4.78 is 13.3. The topological polar surface area (TPSA) is 55.1 Å². The highest BCUT2D eigenvalue weighted by Gasteiger charge is 2.06. The minimum atomic E-state index is -0.406. The molecule has 0 fully saturated rings. The van der Waals surface area contributed by atoms with E-state index in [9.17, 15) is 9.18 Å². The van der Waals surface area contributed by atoms with Crippen LogP contribution in [-0.4, -0.2) is 12.5 Å². The van der Waals surface area contributed by atoms with Crippen LogP contribution in [0.2, 0.25) is 0 Å². The van der Waals surface area contributed by atoms with Gasteiger partial charge in [0.2, 0.25) is 5.91 Å². The predicted octanol–water partition coefficient (Wildman–Crippen LogP) is 1.81. The van der Waals surface area contributed by atoms with Crippen molar-refractivity contribution in [2.45, 2.75) is 19.8 Å². The Morgan fingerprint density at radius 3 is 2.87 bits per heavy atom. The second-order valence-electron chi connectivity index (χ2n) is 3.42. The lowest BCUT2D eigenvalue weighted by molar-refractivity contribution is -0.116. The van der Waals surface area contributed by atoms with Crippen LogP contribution in [0.25, 0.3) is 0 Å². The Labute approximate surface area is 88.5 Å². The molecule has 3 nitrogen and oxygen atoms in total. The molecule has 0 saturated heterocycles. The molecule has 0 heterocycles. The van der Waals surface area contributed by atoms with Gasteiger partial charge in [-0.3, -0.25) is 4.79 Å². The van der Waals surface area contributed by atoms with Crippen molar-refractivity contribution in [3.8, 4) is 0 Å². The Hall–Kier alpha value is -1.42. The number of rotatable bonds is 4. The van der Waals surface area contributed by atoms with Gasteiger partial charge in [-0.2, -0.15) is 0 Å². The molecule has 1 rings (SSSR count).